The Morgan fingerprint density at radius 2 is 1.94 bits per heavy atom. The van der Waals surface area contributed by atoms with Gasteiger partial charge in [0.2, 0.25) is 0 Å². The molecule has 0 bridgehead atoms. The maximum absolute atomic E-state index is 6.21. The second kappa shape index (κ2) is 7.61. The summed E-state index contributed by atoms with van der Waals surface area (Å²) in [5.74, 6) is 5.97. The summed E-state index contributed by atoms with van der Waals surface area (Å²) >= 11 is 12.4. The second-order valence-electron chi connectivity index (χ2n) is 3.71. The van der Waals surface area contributed by atoms with Gasteiger partial charge in [0.05, 0.1) is 0 Å². The molecule has 1 N–H and O–H groups in total. The molecule has 0 saturated carbocycles. The molecule has 1 nitrogen and oxygen atoms in total. The van der Waals surface area contributed by atoms with Gasteiger partial charge in [-0.2, -0.15) is 0 Å². The number of halogens is 2. The third-order valence-electron chi connectivity index (χ3n) is 2.53. The van der Waals surface area contributed by atoms with Crippen molar-refractivity contribution in [1.82, 2.24) is 5.32 Å². The number of benzene rings is 1. The van der Waals surface area contributed by atoms with Crippen molar-refractivity contribution in [3.63, 3.8) is 0 Å². The van der Waals surface area contributed by atoms with Crippen LogP contribution < -0.4 is 5.32 Å². The van der Waals surface area contributed by atoms with Gasteiger partial charge in [-0.3, -0.25) is 0 Å². The van der Waals surface area contributed by atoms with Gasteiger partial charge >= 0.3 is 0 Å². The SMILES string of the molecule is CC#CCCC(NCC)c1c(Cl)cccc1Cl. The van der Waals surface area contributed by atoms with Crippen molar-refractivity contribution in [1.29, 1.82) is 0 Å². The van der Waals surface area contributed by atoms with Crippen molar-refractivity contribution in [3.05, 3.63) is 33.8 Å². The third-order valence-corrected chi connectivity index (χ3v) is 3.19. The molecule has 0 amide bonds. The monoisotopic (exact) mass is 269 g/mol. The molecule has 0 saturated heterocycles. The van der Waals surface area contributed by atoms with Crippen molar-refractivity contribution in [2.24, 2.45) is 0 Å². The van der Waals surface area contributed by atoms with E-state index in [0.29, 0.717) is 10.0 Å². The smallest absolute Gasteiger partial charge is 0.0468 e. The number of rotatable bonds is 5. The van der Waals surface area contributed by atoms with Crippen LogP contribution in [0.1, 0.15) is 38.3 Å². The first-order valence-corrected chi connectivity index (χ1v) is 6.53. The molecule has 0 heterocycles. The molecule has 92 valence electrons. The Morgan fingerprint density at radius 1 is 1.29 bits per heavy atom. The van der Waals surface area contributed by atoms with Crippen LogP contribution in [0.25, 0.3) is 0 Å². The first-order chi connectivity index (χ1) is 8.20. The van der Waals surface area contributed by atoms with Crippen molar-refractivity contribution in [3.8, 4) is 11.8 Å². The van der Waals surface area contributed by atoms with Crippen LogP contribution in [0.2, 0.25) is 10.0 Å². The molecule has 0 aliphatic carbocycles. The summed E-state index contributed by atoms with van der Waals surface area (Å²) in [7, 11) is 0. The summed E-state index contributed by atoms with van der Waals surface area (Å²) in [5.41, 5.74) is 0.982. The van der Waals surface area contributed by atoms with Gasteiger partial charge in [0, 0.05) is 28.1 Å². The molecule has 0 radical (unpaired) electrons. The fourth-order valence-corrected chi connectivity index (χ4v) is 2.44. The largest absolute Gasteiger partial charge is 0.310 e. The average molecular weight is 270 g/mol. The Balaban J connectivity index is 2.90. The molecule has 1 aromatic carbocycles. The quantitative estimate of drug-likeness (QED) is 0.779. The van der Waals surface area contributed by atoms with Gasteiger partial charge in [0.25, 0.3) is 0 Å². The van der Waals surface area contributed by atoms with Crippen LogP contribution in [-0.4, -0.2) is 6.54 Å². The van der Waals surface area contributed by atoms with Crippen molar-refractivity contribution in [2.45, 2.75) is 32.7 Å². The fraction of sp³-hybridized carbons (Fsp3) is 0.429. The zero-order valence-electron chi connectivity index (χ0n) is 10.2. The maximum Gasteiger partial charge on any atom is 0.0468 e. The van der Waals surface area contributed by atoms with E-state index in [-0.39, 0.29) is 6.04 Å². The Bertz CT molecular complexity index is 398. The lowest BCUT2D eigenvalue weighted by Crippen LogP contribution is -2.21. The van der Waals surface area contributed by atoms with Crippen LogP contribution in [0.15, 0.2) is 18.2 Å². The first-order valence-electron chi connectivity index (χ1n) is 5.77. The fourth-order valence-electron chi connectivity index (χ4n) is 1.78. The van der Waals surface area contributed by atoms with Crippen molar-refractivity contribution in [2.75, 3.05) is 6.54 Å². The van der Waals surface area contributed by atoms with Crippen LogP contribution in [0, 0.1) is 11.8 Å². The van der Waals surface area contributed by atoms with Gasteiger partial charge in [-0.1, -0.05) is 36.2 Å². The molecule has 3 heteroatoms. The molecule has 1 rings (SSSR count). The van der Waals surface area contributed by atoms with E-state index in [1.54, 1.807) is 0 Å². The molecule has 1 atom stereocenters. The Kier molecular flexibility index (Phi) is 6.44. The minimum Gasteiger partial charge on any atom is -0.310 e. The van der Waals surface area contributed by atoms with Crippen LogP contribution in [0.3, 0.4) is 0 Å². The summed E-state index contributed by atoms with van der Waals surface area (Å²) in [6.45, 7) is 4.81. The van der Waals surface area contributed by atoms with Crippen LogP contribution in [0.4, 0.5) is 0 Å². The van der Waals surface area contributed by atoms with E-state index in [1.165, 1.54) is 0 Å². The van der Waals surface area contributed by atoms with Crippen LogP contribution >= 0.6 is 23.2 Å². The number of nitrogens with one attached hydrogen (secondary N) is 1. The normalized spacial score (nSPS) is 11.8. The Hall–Kier alpha value is -0.680. The summed E-state index contributed by atoms with van der Waals surface area (Å²) in [4.78, 5) is 0. The first kappa shape index (κ1) is 14.4. The van der Waals surface area contributed by atoms with Gasteiger partial charge in [-0.05, 0) is 32.0 Å². The molecule has 17 heavy (non-hydrogen) atoms. The predicted octanol–water partition coefficient (Wildman–Crippen LogP) is 4.45. The standard InChI is InChI=1S/C14H17Cl2N/c1-3-5-6-10-13(17-4-2)14-11(15)8-7-9-12(14)16/h7-9,13,17H,4,6,10H2,1-2H3. The zero-order valence-corrected chi connectivity index (χ0v) is 11.7. The highest BCUT2D eigenvalue weighted by molar-refractivity contribution is 6.36. The molecular formula is C14H17Cl2N. The number of hydrogen-bond acceptors (Lipinski definition) is 1. The van der Waals surface area contributed by atoms with E-state index in [9.17, 15) is 0 Å². The van der Waals surface area contributed by atoms with E-state index in [1.807, 2.05) is 25.1 Å². The maximum atomic E-state index is 6.21. The van der Waals surface area contributed by atoms with Gasteiger partial charge < -0.3 is 5.32 Å². The molecule has 0 aliphatic rings. The van der Waals surface area contributed by atoms with Crippen molar-refractivity contribution >= 4 is 23.2 Å². The van der Waals surface area contributed by atoms with Crippen LogP contribution in [-0.2, 0) is 0 Å². The van der Waals surface area contributed by atoms with E-state index in [2.05, 4.69) is 24.1 Å². The second-order valence-corrected chi connectivity index (χ2v) is 4.53. The number of hydrogen-bond donors (Lipinski definition) is 1. The van der Waals surface area contributed by atoms with Gasteiger partial charge in [0.15, 0.2) is 0 Å². The lowest BCUT2D eigenvalue weighted by Gasteiger charge is -2.19. The van der Waals surface area contributed by atoms with E-state index in [4.69, 9.17) is 23.2 Å². The minimum atomic E-state index is 0.169. The molecule has 0 fully saturated rings. The predicted molar refractivity (Wildman–Crippen MR) is 75.6 cm³/mol. The van der Waals surface area contributed by atoms with E-state index in [0.717, 1.165) is 24.9 Å². The highest BCUT2D eigenvalue weighted by Gasteiger charge is 2.16. The zero-order chi connectivity index (χ0) is 12.7. The molecule has 0 spiro atoms. The minimum absolute atomic E-state index is 0.169. The summed E-state index contributed by atoms with van der Waals surface area (Å²) < 4.78 is 0. The van der Waals surface area contributed by atoms with E-state index >= 15 is 0 Å². The highest BCUT2D eigenvalue weighted by Crippen LogP contribution is 2.32. The summed E-state index contributed by atoms with van der Waals surface area (Å²) in [5, 5.41) is 4.83. The van der Waals surface area contributed by atoms with Gasteiger partial charge in [-0.15, -0.1) is 11.8 Å². The molecular weight excluding hydrogens is 253 g/mol. The van der Waals surface area contributed by atoms with Crippen molar-refractivity contribution < 1.29 is 0 Å². The Morgan fingerprint density at radius 3 is 2.47 bits per heavy atom. The lowest BCUT2D eigenvalue weighted by molar-refractivity contribution is 0.523. The van der Waals surface area contributed by atoms with E-state index < -0.39 is 0 Å². The Labute approximate surface area is 114 Å². The molecule has 0 aromatic heterocycles. The summed E-state index contributed by atoms with van der Waals surface area (Å²) in [6, 6.07) is 5.78. The lowest BCUT2D eigenvalue weighted by atomic mass is 10.0. The van der Waals surface area contributed by atoms with Gasteiger partial charge in [0.1, 0.15) is 0 Å². The van der Waals surface area contributed by atoms with Gasteiger partial charge in [-0.25, -0.2) is 0 Å². The summed E-state index contributed by atoms with van der Waals surface area (Å²) in [6.07, 6.45) is 1.76. The molecule has 0 aliphatic heterocycles. The molecule has 1 aromatic rings. The average Bonchev–Trinajstić information content (AvgIpc) is 2.29. The van der Waals surface area contributed by atoms with Crippen LogP contribution in [0.5, 0.6) is 0 Å². The molecule has 1 unspecified atom stereocenters. The highest BCUT2D eigenvalue weighted by atomic mass is 35.5. The third kappa shape index (κ3) is 4.24. The topological polar surface area (TPSA) is 12.0 Å².